The Hall–Kier alpha value is -2.22. The summed E-state index contributed by atoms with van der Waals surface area (Å²) in [6.45, 7) is 8.01. The van der Waals surface area contributed by atoms with E-state index in [1.807, 2.05) is 6.92 Å². The number of carbonyl (C=O) groups is 1. The summed E-state index contributed by atoms with van der Waals surface area (Å²) in [7, 11) is 1.33. The molecule has 1 aliphatic rings. The molecule has 1 aromatic heterocycles. The molecule has 8 heteroatoms. The maximum absolute atomic E-state index is 11.8. The van der Waals surface area contributed by atoms with Crippen LogP contribution in [0, 0.1) is 16.0 Å². The Bertz CT molecular complexity index is 659. The highest BCUT2D eigenvalue weighted by molar-refractivity contribution is 5.70. The Balaban J connectivity index is 2.37. The number of carbonyl (C=O) groups excluding carboxylic acids is 1. The molecule has 0 bridgehead atoms. The smallest absolute Gasteiger partial charge is 0.311 e. The van der Waals surface area contributed by atoms with Gasteiger partial charge in [0.1, 0.15) is 0 Å². The largest absolute Gasteiger partial charge is 0.469 e. The fraction of sp³-hybridized carbons (Fsp3) is 0.684. The summed E-state index contributed by atoms with van der Waals surface area (Å²) in [6, 6.07) is 1.72. The summed E-state index contributed by atoms with van der Waals surface area (Å²) in [4.78, 5) is 29.4. The Labute approximate surface area is 160 Å². The molecular weight excluding hydrogens is 350 g/mol. The van der Waals surface area contributed by atoms with Gasteiger partial charge in [-0.1, -0.05) is 20.8 Å². The number of nitro groups is 1. The standard InChI is InChI=1S/C19H29N3O5/c1-13(2)12-21(16-5-7-27-8-6-16)19-17(22(24)25)10-15(11-20-19)14(3)9-18(23)26-4/h10-11,13-14,16H,5-9,12H2,1-4H3. The molecule has 0 radical (unpaired) electrons. The van der Waals surface area contributed by atoms with Crippen molar-refractivity contribution in [2.24, 2.45) is 5.92 Å². The maximum atomic E-state index is 11.8. The van der Waals surface area contributed by atoms with Gasteiger partial charge in [-0.2, -0.15) is 0 Å². The molecule has 2 heterocycles. The van der Waals surface area contributed by atoms with Gasteiger partial charge in [-0.05, 0) is 30.2 Å². The molecule has 1 aliphatic heterocycles. The highest BCUT2D eigenvalue weighted by Gasteiger charge is 2.30. The van der Waals surface area contributed by atoms with Gasteiger partial charge < -0.3 is 14.4 Å². The Morgan fingerprint density at radius 1 is 1.41 bits per heavy atom. The van der Waals surface area contributed by atoms with Gasteiger partial charge in [-0.3, -0.25) is 14.9 Å². The van der Waals surface area contributed by atoms with Gasteiger partial charge in [-0.15, -0.1) is 0 Å². The molecule has 1 unspecified atom stereocenters. The number of nitrogens with zero attached hydrogens (tertiary/aromatic N) is 3. The van der Waals surface area contributed by atoms with E-state index in [1.165, 1.54) is 7.11 Å². The van der Waals surface area contributed by atoms with E-state index < -0.39 is 0 Å². The zero-order chi connectivity index (χ0) is 20.0. The van der Waals surface area contributed by atoms with Crippen molar-refractivity contribution >= 4 is 17.5 Å². The van der Waals surface area contributed by atoms with Crippen LogP contribution in [0.1, 0.15) is 51.5 Å². The van der Waals surface area contributed by atoms with Crippen molar-refractivity contribution in [3.63, 3.8) is 0 Å². The molecule has 1 saturated heterocycles. The summed E-state index contributed by atoms with van der Waals surface area (Å²) < 4.78 is 10.1. The first-order chi connectivity index (χ1) is 12.8. The minimum absolute atomic E-state index is 0.0173. The molecule has 0 aliphatic carbocycles. The first-order valence-corrected chi connectivity index (χ1v) is 9.39. The number of hydrogen-bond acceptors (Lipinski definition) is 7. The van der Waals surface area contributed by atoms with Crippen LogP contribution in [0.25, 0.3) is 0 Å². The molecular formula is C19H29N3O5. The number of anilines is 1. The topological polar surface area (TPSA) is 94.8 Å². The third kappa shape index (κ3) is 5.63. The third-order valence-corrected chi connectivity index (χ3v) is 4.80. The highest BCUT2D eigenvalue weighted by atomic mass is 16.6. The monoisotopic (exact) mass is 379 g/mol. The predicted molar refractivity (Wildman–Crippen MR) is 102 cm³/mol. The van der Waals surface area contributed by atoms with Crippen LogP contribution in [0.15, 0.2) is 12.3 Å². The van der Waals surface area contributed by atoms with Crippen LogP contribution in [0.5, 0.6) is 0 Å². The van der Waals surface area contributed by atoms with Crippen LogP contribution in [0.2, 0.25) is 0 Å². The second-order valence-corrected chi connectivity index (χ2v) is 7.44. The molecule has 0 amide bonds. The average molecular weight is 379 g/mol. The van der Waals surface area contributed by atoms with E-state index >= 15 is 0 Å². The first kappa shape index (κ1) is 21.1. The van der Waals surface area contributed by atoms with Gasteiger partial charge in [0.05, 0.1) is 18.5 Å². The fourth-order valence-corrected chi connectivity index (χ4v) is 3.34. The Morgan fingerprint density at radius 2 is 2.07 bits per heavy atom. The van der Waals surface area contributed by atoms with Crippen molar-refractivity contribution < 1.29 is 19.2 Å². The second-order valence-electron chi connectivity index (χ2n) is 7.44. The first-order valence-electron chi connectivity index (χ1n) is 9.39. The average Bonchev–Trinajstić information content (AvgIpc) is 2.66. The number of pyridine rings is 1. The number of aromatic nitrogens is 1. The predicted octanol–water partition coefficient (Wildman–Crippen LogP) is 3.30. The second kappa shape index (κ2) is 9.64. The Morgan fingerprint density at radius 3 is 2.63 bits per heavy atom. The van der Waals surface area contributed by atoms with Crippen molar-refractivity contribution in [3.8, 4) is 0 Å². The highest BCUT2D eigenvalue weighted by Crippen LogP contribution is 2.33. The van der Waals surface area contributed by atoms with Crippen LogP contribution >= 0.6 is 0 Å². The summed E-state index contributed by atoms with van der Waals surface area (Å²) in [6.07, 6.45) is 3.45. The Kier molecular flexibility index (Phi) is 7.53. The van der Waals surface area contributed by atoms with E-state index in [4.69, 9.17) is 9.47 Å². The number of rotatable bonds is 8. The molecule has 2 rings (SSSR count). The number of esters is 1. The van der Waals surface area contributed by atoms with E-state index in [-0.39, 0.29) is 35.0 Å². The van der Waals surface area contributed by atoms with Crippen LogP contribution in [-0.2, 0) is 14.3 Å². The van der Waals surface area contributed by atoms with Crippen molar-refractivity contribution in [3.05, 3.63) is 27.9 Å². The van der Waals surface area contributed by atoms with E-state index in [0.717, 1.165) is 12.8 Å². The molecule has 27 heavy (non-hydrogen) atoms. The molecule has 8 nitrogen and oxygen atoms in total. The van der Waals surface area contributed by atoms with Gasteiger partial charge in [-0.25, -0.2) is 4.98 Å². The number of hydrogen-bond donors (Lipinski definition) is 0. The van der Waals surface area contributed by atoms with Crippen LogP contribution in [0.4, 0.5) is 11.5 Å². The summed E-state index contributed by atoms with van der Waals surface area (Å²) in [5.74, 6) is 0.180. The molecule has 0 aromatic carbocycles. The normalized spacial score (nSPS) is 16.2. The quantitative estimate of drug-likeness (QED) is 0.388. The van der Waals surface area contributed by atoms with Crippen LogP contribution < -0.4 is 4.90 Å². The molecule has 1 fully saturated rings. The van der Waals surface area contributed by atoms with Gasteiger partial charge in [0.15, 0.2) is 0 Å². The summed E-state index contributed by atoms with van der Waals surface area (Å²) in [5.41, 5.74) is 0.642. The molecule has 0 N–H and O–H groups in total. The van der Waals surface area contributed by atoms with Crippen molar-refractivity contribution in [2.45, 2.75) is 52.0 Å². The lowest BCUT2D eigenvalue weighted by Gasteiger charge is -2.36. The van der Waals surface area contributed by atoms with E-state index in [9.17, 15) is 14.9 Å². The SMILES string of the molecule is COC(=O)CC(C)c1cnc(N(CC(C)C)C2CCOCC2)c([N+](=O)[O-])c1. The molecule has 1 aromatic rings. The maximum Gasteiger partial charge on any atom is 0.311 e. The molecule has 0 spiro atoms. The van der Waals surface area contributed by atoms with Crippen molar-refractivity contribution in [1.82, 2.24) is 4.98 Å². The van der Waals surface area contributed by atoms with Gasteiger partial charge in [0.2, 0.25) is 5.82 Å². The molecule has 1 atom stereocenters. The van der Waals surface area contributed by atoms with E-state index in [2.05, 4.69) is 23.7 Å². The van der Waals surface area contributed by atoms with Crippen molar-refractivity contribution in [1.29, 1.82) is 0 Å². The lowest BCUT2D eigenvalue weighted by atomic mass is 9.98. The lowest BCUT2D eigenvalue weighted by Crippen LogP contribution is -2.42. The zero-order valence-electron chi connectivity index (χ0n) is 16.5. The molecule has 150 valence electrons. The van der Waals surface area contributed by atoms with Crippen molar-refractivity contribution in [2.75, 3.05) is 31.8 Å². The van der Waals surface area contributed by atoms with Gasteiger partial charge in [0, 0.05) is 38.1 Å². The fourth-order valence-electron chi connectivity index (χ4n) is 3.34. The molecule has 0 saturated carbocycles. The summed E-state index contributed by atoms with van der Waals surface area (Å²) in [5, 5.41) is 11.8. The summed E-state index contributed by atoms with van der Waals surface area (Å²) >= 11 is 0. The minimum Gasteiger partial charge on any atom is -0.469 e. The van der Waals surface area contributed by atoms with Crippen LogP contribution in [-0.4, -0.2) is 48.8 Å². The number of ether oxygens (including phenoxy) is 2. The van der Waals surface area contributed by atoms with Gasteiger partial charge >= 0.3 is 11.7 Å². The zero-order valence-corrected chi connectivity index (χ0v) is 16.5. The number of methoxy groups -OCH3 is 1. The van der Waals surface area contributed by atoms with E-state index in [0.29, 0.717) is 37.1 Å². The third-order valence-electron chi connectivity index (χ3n) is 4.80. The minimum atomic E-state index is -0.386. The lowest BCUT2D eigenvalue weighted by molar-refractivity contribution is -0.384. The van der Waals surface area contributed by atoms with Gasteiger partial charge in [0.25, 0.3) is 0 Å². The van der Waals surface area contributed by atoms with Crippen LogP contribution in [0.3, 0.4) is 0 Å². The van der Waals surface area contributed by atoms with E-state index in [1.54, 1.807) is 12.3 Å².